The van der Waals surface area contributed by atoms with Crippen LogP contribution in [0.5, 0.6) is 0 Å². The molecule has 0 unspecified atom stereocenters. The third kappa shape index (κ3) is 2.87. The lowest BCUT2D eigenvalue weighted by Gasteiger charge is -2.00. The molecule has 0 bridgehead atoms. The first kappa shape index (κ1) is 9.74. The third-order valence-corrected chi connectivity index (χ3v) is 1.79. The van der Waals surface area contributed by atoms with Crippen LogP contribution in [0.15, 0.2) is 18.3 Å². The Balaban J connectivity index is 2.77. The number of rotatable bonds is 3. The Morgan fingerprint density at radius 3 is 3.00 bits per heavy atom. The van der Waals surface area contributed by atoms with E-state index in [-0.39, 0.29) is 0 Å². The van der Waals surface area contributed by atoms with Crippen molar-refractivity contribution in [1.82, 2.24) is 10.3 Å². The van der Waals surface area contributed by atoms with Crippen molar-refractivity contribution < 1.29 is 0 Å². The molecule has 3 nitrogen and oxygen atoms in total. The van der Waals surface area contributed by atoms with E-state index in [1.807, 2.05) is 26.1 Å². The predicted molar refractivity (Wildman–Crippen MR) is 56.3 cm³/mol. The van der Waals surface area contributed by atoms with Crippen LogP contribution < -0.4 is 11.1 Å². The SMILES string of the molecule is CNCC=Cc1cnc(N)cc1C. The summed E-state index contributed by atoms with van der Waals surface area (Å²) in [6, 6.07) is 1.87. The number of pyridine rings is 1. The van der Waals surface area contributed by atoms with Crippen molar-refractivity contribution in [3.63, 3.8) is 0 Å². The van der Waals surface area contributed by atoms with Gasteiger partial charge in [0.25, 0.3) is 0 Å². The lowest BCUT2D eigenvalue weighted by atomic mass is 10.1. The maximum absolute atomic E-state index is 5.53. The van der Waals surface area contributed by atoms with Crippen LogP contribution in [-0.2, 0) is 0 Å². The number of aryl methyl sites for hydroxylation is 1. The van der Waals surface area contributed by atoms with Gasteiger partial charge in [-0.3, -0.25) is 0 Å². The number of nitrogens with two attached hydrogens (primary N) is 1. The number of hydrogen-bond donors (Lipinski definition) is 2. The van der Waals surface area contributed by atoms with Gasteiger partial charge in [0, 0.05) is 12.7 Å². The molecular formula is C10H15N3. The highest BCUT2D eigenvalue weighted by atomic mass is 14.8. The summed E-state index contributed by atoms with van der Waals surface area (Å²) in [7, 11) is 1.92. The Labute approximate surface area is 78.7 Å². The Bertz CT molecular complexity index is 305. The van der Waals surface area contributed by atoms with Crippen molar-refractivity contribution in [2.75, 3.05) is 19.3 Å². The average molecular weight is 177 g/mol. The number of aromatic nitrogens is 1. The van der Waals surface area contributed by atoms with Gasteiger partial charge in [0.2, 0.25) is 0 Å². The summed E-state index contributed by atoms with van der Waals surface area (Å²) in [5.41, 5.74) is 7.80. The molecule has 0 aliphatic heterocycles. The summed E-state index contributed by atoms with van der Waals surface area (Å²) in [4.78, 5) is 4.02. The van der Waals surface area contributed by atoms with E-state index in [1.54, 1.807) is 6.20 Å². The molecule has 0 amide bonds. The summed E-state index contributed by atoms with van der Waals surface area (Å²) in [6.45, 7) is 2.89. The van der Waals surface area contributed by atoms with Crippen molar-refractivity contribution in [2.45, 2.75) is 6.92 Å². The van der Waals surface area contributed by atoms with Crippen LogP contribution in [0, 0.1) is 6.92 Å². The summed E-state index contributed by atoms with van der Waals surface area (Å²) in [5.74, 6) is 0.572. The van der Waals surface area contributed by atoms with E-state index < -0.39 is 0 Å². The van der Waals surface area contributed by atoms with E-state index in [4.69, 9.17) is 5.73 Å². The van der Waals surface area contributed by atoms with Crippen LogP contribution in [0.1, 0.15) is 11.1 Å². The highest BCUT2D eigenvalue weighted by Crippen LogP contribution is 2.10. The largest absolute Gasteiger partial charge is 0.384 e. The summed E-state index contributed by atoms with van der Waals surface area (Å²) < 4.78 is 0. The zero-order chi connectivity index (χ0) is 9.68. The van der Waals surface area contributed by atoms with Crippen LogP contribution in [-0.4, -0.2) is 18.6 Å². The summed E-state index contributed by atoms with van der Waals surface area (Å²) in [6.07, 6.45) is 5.88. The zero-order valence-electron chi connectivity index (χ0n) is 8.04. The van der Waals surface area contributed by atoms with Crippen molar-refractivity contribution in [1.29, 1.82) is 0 Å². The monoisotopic (exact) mass is 177 g/mol. The molecule has 0 radical (unpaired) electrons. The summed E-state index contributed by atoms with van der Waals surface area (Å²) >= 11 is 0. The van der Waals surface area contributed by atoms with Gasteiger partial charge in [0.15, 0.2) is 0 Å². The molecule has 3 heteroatoms. The first-order chi connectivity index (χ1) is 6.24. The van der Waals surface area contributed by atoms with E-state index in [9.17, 15) is 0 Å². The second-order valence-corrected chi connectivity index (χ2v) is 2.93. The van der Waals surface area contributed by atoms with Crippen LogP contribution >= 0.6 is 0 Å². The van der Waals surface area contributed by atoms with Crippen LogP contribution in [0.2, 0.25) is 0 Å². The molecule has 1 aromatic rings. The lowest BCUT2D eigenvalue weighted by molar-refractivity contribution is 0.922. The Hall–Kier alpha value is -1.35. The van der Waals surface area contributed by atoms with Gasteiger partial charge < -0.3 is 11.1 Å². The van der Waals surface area contributed by atoms with Crippen LogP contribution in [0.3, 0.4) is 0 Å². The fourth-order valence-corrected chi connectivity index (χ4v) is 1.07. The number of nitrogens with one attached hydrogen (secondary N) is 1. The Morgan fingerprint density at radius 1 is 1.62 bits per heavy atom. The topological polar surface area (TPSA) is 50.9 Å². The third-order valence-electron chi connectivity index (χ3n) is 1.79. The molecule has 70 valence electrons. The zero-order valence-corrected chi connectivity index (χ0v) is 8.04. The fourth-order valence-electron chi connectivity index (χ4n) is 1.07. The van der Waals surface area contributed by atoms with Crippen molar-refractivity contribution in [3.05, 3.63) is 29.5 Å². The minimum absolute atomic E-state index is 0.572. The van der Waals surface area contributed by atoms with Gasteiger partial charge in [-0.05, 0) is 31.2 Å². The van der Waals surface area contributed by atoms with Gasteiger partial charge in [-0.1, -0.05) is 12.2 Å². The molecule has 0 aliphatic carbocycles. The number of anilines is 1. The number of nitrogen functional groups attached to an aromatic ring is 1. The average Bonchev–Trinajstić information content (AvgIpc) is 2.09. The van der Waals surface area contributed by atoms with Crippen molar-refractivity contribution >= 4 is 11.9 Å². The molecule has 3 N–H and O–H groups in total. The number of hydrogen-bond acceptors (Lipinski definition) is 3. The molecule has 13 heavy (non-hydrogen) atoms. The molecule has 1 heterocycles. The first-order valence-electron chi connectivity index (χ1n) is 4.27. The molecule has 1 aromatic heterocycles. The van der Waals surface area contributed by atoms with E-state index in [1.165, 1.54) is 0 Å². The van der Waals surface area contributed by atoms with Gasteiger partial charge in [0.1, 0.15) is 5.82 Å². The van der Waals surface area contributed by atoms with E-state index >= 15 is 0 Å². The van der Waals surface area contributed by atoms with Gasteiger partial charge in [-0.2, -0.15) is 0 Å². The number of nitrogens with zero attached hydrogens (tertiary/aromatic N) is 1. The van der Waals surface area contributed by atoms with E-state index in [2.05, 4.69) is 16.4 Å². The smallest absolute Gasteiger partial charge is 0.123 e. The fraction of sp³-hybridized carbons (Fsp3) is 0.300. The van der Waals surface area contributed by atoms with Crippen molar-refractivity contribution in [3.8, 4) is 0 Å². The molecule has 0 saturated carbocycles. The Kier molecular flexibility index (Phi) is 3.46. The molecule has 1 rings (SSSR count). The second kappa shape index (κ2) is 4.62. The first-order valence-corrected chi connectivity index (χ1v) is 4.27. The second-order valence-electron chi connectivity index (χ2n) is 2.93. The van der Waals surface area contributed by atoms with Gasteiger partial charge in [-0.25, -0.2) is 4.98 Å². The molecule has 0 fully saturated rings. The maximum Gasteiger partial charge on any atom is 0.123 e. The maximum atomic E-state index is 5.53. The van der Waals surface area contributed by atoms with Crippen molar-refractivity contribution in [2.24, 2.45) is 0 Å². The van der Waals surface area contributed by atoms with Gasteiger partial charge in [-0.15, -0.1) is 0 Å². The normalized spacial score (nSPS) is 10.9. The molecular weight excluding hydrogens is 162 g/mol. The van der Waals surface area contributed by atoms with Gasteiger partial charge in [0.05, 0.1) is 0 Å². The van der Waals surface area contributed by atoms with Crippen LogP contribution in [0.4, 0.5) is 5.82 Å². The minimum atomic E-state index is 0.572. The summed E-state index contributed by atoms with van der Waals surface area (Å²) in [5, 5.41) is 3.04. The van der Waals surface area contributed by atoms with Crippen LogP contribution in [0.25, 0.3) is 6.08 Å². The quantitative estimate of drug-likeness (QED) is 0.729. The molecule has 0 saturated heterocycles. The molecule has 0 aliphatic rings. The molecule has 0 aromatic carbocycles. The highest BCUT2D eigenvalue weighted by molar-refractivity contribution is 5.54. The molecule has 0 atom stereocenters. The highest BCUT2D eigenvalue weighted by Gasteiger charge is 1.94. The molecule has 0 spiro atoms. The van der Waals surface area contributed by atoms with Gasteiger partial charge >= 0.3 is 0 Å². The standard InChI is InChI=1S/C10H15N3/c1-8-6-10(11)13-7-9(8)4-3-5-12-2/h3-4,6-7,12H,5H2,1-2H3,(H2,11,13). The van der Waals surface area contributed by atoms with E-state index in [0.717, 1.165) is 17.7 Å². The number of likely N-dealkylation sites (N-methyl/N-ethyl adjacent to an activating group) is 1. The Morgan fingerprint density at radius 2 is 2.38 bits per heavy atom. The van der Waals surface area contributed by atoms with E-state index in [0.29, 0.717) is 5.82 Å². The lowest BCUT2D eigenvalue weighted by Crippen LogP contribution is -2.03. The predicted octanol–water partition coefficient (Wildman–Crippen LogP) is 1.20. The minimum Gasteiger partial charge on any atom is -0.384 e.